The van der Waals surface area contributed by atoms with Gasteiger partial charge < -0.3 is 10.3 Å². The number of carbonyl (C=O) groups is 2. The minimum Gasteiger partial charge on any atom is -0.336 e. The molecule has 2 rings (SSSR count). The molecule has 0 aliphatic rings. The van der Waals surface area contributed by atoms with Crippen LogP contribution in [0.1, 0.15) is 19.7 Å². The Morgan fingerprint density at radius 2 is 2.17 bits per heavy atom. The molecule has 124 valence electrons. The Bertz CT molecular complexity index is 767. The van der Waals surface area contributed by atoms with Gasteiger partial charge in [-0.25, -0.2) is 9.78 Å². The van der Waals surface area contributed by atoms with E-state index in [2.05, 4.69) is 20.6 Å². The minimum absolute atomic E-state index is 0.0116. The predicted octanol–water partition coefficient (Wildman–Crippen LogP) is 0.651. The SMILES string of the molecule is CC(C)NC(=O)NC(=O)CN(C)Cc1nc2sccc2c(=O)[nH]1. The van der Waals surface area contributed by atoms with Gasteiger partial charge in [-0.2, -0.15) is 0 Å². The molecule has 0 bridgehead atoms. The highest BCUT2D eigenvalue weighted by Gasteiger charge is 2.13. The number of fused-ring (bicyclic) bond motifs is 1. The summed E-state index contributed by atoms with van der Waals surface area (Å²) in [5.74, 6) is 0.0529. The molecule has 0 aliphatic carbocycles. The first-order chi connectivity index (χ1) is 10.8. The number of amides is 3. The molecule has 0 atom stereocenters. The lowest BCUT2D eigenvalue weighted by molar-refractivity contribution is -0.121. The van der Waals surface area contributed by atoms with Gasteiger partial charge in [-0.15, -0.1) is 11.3 Å². The number of carbonyl (C=O) groups excluding carboxylic acids is 2. The summed E-state index contributed by atoms with van der Waals surface area (Å²) in [4.78, 5) is 44.5. The lowest BCUT2D eigenvalue weighted by Gasteiger charge is -2.16. The summed E-state index contributed by atoms with van der Waals surface area (Å²) in [6.07, 6.45) is 0. The number of H-pyrrole nitrogens is 1. The fourth-order valence-corrected chi connectivity index (χ4v) is 2.79. The van der Waals surface area contributed by atoms with E-state index >= 15 is 0 Å². The van der Waals surface area contributed by atoms with Crippen molar-refractivity contribution in [3.63, 3.8) is 0 Å². The smallest absolute Gasteiger partial charge is 0.321 e. The fourth-order valence-electron chi connectivity index (χ4n) is 2.01. The molecule has 0 saturated carbocycles. The molecule has 0 aromatic carbocycles. The largest absolute Gasteiger partial charge is 0.336 e. The monoisotopic (exact) mass is 337 g/mol. The van der Waals surface area contributed by atoms with E-state index in [4.69, 9.17) is 0 Å². The van der Waals surface area contributed by atoms with E-state index in [1.807, 2.05) is 0 Å². The molecule has 0 radical (unpaired) electrons. The minimum atomic E-state index is -0.523. The molecule has 2 aromatic heterocycles. The number of hydrogen-bond donors (Lipinski definition) is 3. The number of aromatic nitrogens is 2. The van der Waals surface area contributed by atoms with Gasteiger partial charge >= 0.3 is 6.03 Å². The van der Waals surface area contributed by atoms with Crippen LogP contribution < -0.4 is 16.2 Å². The fraction of sp³-hybridized carbons (Fsp3) is 0.429. The number of nitrogens with one attached hydrogen (secondary N) is 3. The van der Waals surface area contributed by atoms with Crippen molar-refractivity contribution in [2.45, 2.75) is 26.4 Å². The molecule has 0 spiro atoms. The standard InChI is InChI=1S/C14H19N5O3S/c1-8(2)15-14(22)18-11(20)7-19(3)6-10-16-12(21)9-4-5-23-13(9)17-10/h4-5,8H,6-7H2,1-3H3,(H,16,17,21)(H2,15,18,20,22). The molecular formula is C14H19N5O3S. The molecule has 3 amide bonds. The second-order valence-electron chi connectivity index (χ2n) is 5.50. The Balaban J connectivity index is 1.93. The number of urea groups is 1. The van der Waals surface area contributed by atoms with Crippen LogP contribution in [-0.4, -0.2) is 46.4 Å². The predicted molar refractivity (Wildman–Crippen MR) is 88.4 cm³/mol. The quantitative estimate of drug-likeness (QED) is 0.742. The summed E-state index contributed by atoms with van der Waals surface area (Å²) in [6, 6.07) is 1.15. The summed E-state index contributed by atoms with van der Waals surface area (Å²) in [5.41, 5.74) is -0.194. The van der Waals surface area contributed by atoms with E-state index < -0.39 is 11.9 Å². The molecule has 0 fully saturated rings. The summed E-state index contributed by atoms with van der Waals surface area (Å²) < 4.78 is 0. The van der Waals surface area contributed by atoms with Crippen molar-refractivity contribution in [3.8, 4) is 0 Å². The summed E-state index contributed by atoms with van der Waals surface area (Å²) >= 11 is 1.39. The summed E-state index contributed by atoms with van der Waals surface area (Å²) in [5, 5.41) is 7.18. The molecular weight excluding hydrogens is 318 g/mol. The third-order valence-electron chi connectivity index (χ3n) is 2.89. The van der Waals surface area contributed by atoms with Crippen molar-refractivity contribution in [3.05, 3.63) is 27.6 Å². The molecule has 2 heterocycles. The van der Waals surface area contributed by atoms with Crippen LogP contribution in [0, 0.1) is 0 Å². The average molecular weight is 337 g/mol. The Hall–Kier alpha value is -2.26. The highest BCUT2D eigenvalue weighted by molar-refractivity contribution is 7.16. The number of rotatable bonds is 5. The summed E-state index contributed by atoms with van der Waals surface area (Å²) in [6.45, 7) is 3.91. The van der Waals surface area contributed by atoms with Crippen LogP contribution in [0.3, 0.4) is 0 Å². The first-order valence-corrected chi connectivity index (χ1v) is 7.98. The van der Waals surface area contributed by atoms with Gasteiger partial charge in [0.2, 0.25) is 5.91 Å². The molecule has 0 unspecified atom stereocenters. The third kappa shape index (κ3) is 4.86. The van der Waals surface area contributed by atoms with Crippen LogP contribution >= 0.6 is 11.3 Å². The highest BCUT2D eigenvalue weighted by Crippen LogP contribution is 2.14. The first-order valence-electron chi connectivity index (χ1n) is 7.10. The van der Waals surface area contributed by atoms with Crippen molar-refractivity contribution < 1.29 is 9.59 Å². The zero-order valence-electron chi connectivity index (χ0n) is 13.2. The van der Waals surface area contributed by atoms with E-state index in [1.165, 1.54) is 11.3 Å². The number of aromatic amines is 1. The molecule has 0 saturated heterocycles. The van der Waals surface area contributed by atoms with E-state index in [1.54, 1.807) is 37.2 Å². The zero-order valence-corrected chi connectivity index (χ0v) is 14.0. The molecule has 9 heteroatoms. The van der Waals surface area contributed by atoms with Crippen LogP contribution in [0.25, 0.3) is 10.2 Å². The molecule has 3 N–H and O–H groups in total. The number of thiophene rings is 1. The Labute approximate surface area is 136 Å². The van der Waals surface area contributed by atoms with Gasteiger partial charge in [-0.1, -0.05) is 0 Å². The molecule has 2 aromatic rings. The van der Waals surface area contributed by atoms with Gasteiger partial charge in [0.25, 0.3) is 5.56 Å². The second-order valence-corrected chi connectivity index (χ2v) is 6.40. The first kappa shape index (κ1) is 17.1. The average Bonchev–Trinajstić information content (AvgIpc) is 2.85. The van der Waals surface area contributed by atoms with Gasteiger partial charge in [-0.3, -0.25) is 19.8 Å². The Morgan fingerprint density at radius 1 is 1.43 bits per heavy atom. The number of likely N-dealkylation sites (N-methyl/N-ethyl adjacent to an activating group) is 1. The van der Waals surface area contributed by atoms with E-state index in [0.29, 0.717) is 22.6 Å². The second kappa shape index (κ2) is 7.34. The summed E-state index contributed by atoms with van der Waals surface area (Å²) in [7, 11) is 1.71. The topological polar surface area (TPSA) is 107 Å². The highest BCUT2D eigenvalue weighted by atomic mass is 32.1. The maximum atomic E-state index is 11.9. The lowest BCUT2D eigenvalue weighted by Crippen LogP contribution is -2.45. The number of hydrogen-bond acceptors (Lipinski definition) is 6. The van der Waals surface area contributed by atoms with Gasteiger partial charge in [0.15, 0.2) is 0 Å². The van der Waals surface area contributed by atoms with Crippen molar-refractivity contribution in [1.82, 2.24) is 25.5 Å². The van der Waals surface area contributed by atoms with Gasteiger partial charge in [-0.05, 0) is 32.3 Å². The van der Waals surface area contributed by atoms with Crippen LogP contribution in [0.15, 0.2) is 16.2 Å². The zero-order chi connectivity index (χ0) is 17.0. The number of nitrogens with zero attached hydrogens (tertiary/aromatic N) is 2. The Morgan fingerprint density at radius 3 is 2.87 bits per heavy atom. The molecule has 8 nitrogen and oxygen atoms in total. The van der Waals surface area contributed by atoms with Crippen LogP contribution in [0.5, 0.6) is 0 Å². The molecule has 23 heavy (non-hydrogen) atoms. The maximum Gasteiger partial charge on any atom is 0.321 e. The van der Waals surface area contributed by atoms with Gasteiger partial charge in [0, 0.05) is 6.04 Å². The number of imide groups is 1. The van der Waals surface area contributed by atoms with Crippen LogP contribution in [0.4, 0.5) is 4.79 Å². The molecule has 0 aliphatic heterocycles. The van der Waals surface area contributed by atoms with Crippen molar-refractivity contribution >= 4 is 33.5 Å². The van der Waals surface area contributed by atoms with Crippen LogP contribution in [-0.2, 0) is 11.3 Å². The maximum absolute atomic E-state index is 11.9. The van der Waals surface area contributed by atoms with Crippen molar-refractivity contribution in [1.29, 1.82) is 0 Å². The lowest BCUT2D eigenvalue weighted by atomic mass is 10.4. The van der Waals surface area contributed by atoms with E-state index in [0.717, 1.165) is 0 Å². The van der Waals surface area contributed by atoms with Crippen molar-refractivity contribution in [2.75, 3.05) is 13.6 Å². The third-order valence-corrected chi connectivity index (χ3v) is 3.70. The van der Waals surface area contributed by atoms with Gasteiger partial charge in [0.1, 0.15) is 10.7 Å². The normalized spacial score (nSPS) is 11.2. The Kier molecular flexibility index (Phi) is 5.45. The van der Waals surface area contributed by atoms with E-state index in [-0.39, 0.29) is 18.1 Å². The van der Waals surface area contributed by atoms with Gasteiger partial charge in [0.05, 0.1) is 18.5 Å². The van der Waals surface area contributed by atoms with Crippen molar-refractivity contribution in [2.24, 2.45) is 0 Å². The van der Waals surface area contributed by atoms with Crippen LogP contribution in [0.2, 0.25) is 0 Å². The van der Waals surface area contributed by atoms with E-state index in [9.17, 15) is 14.4 Å².